The number of para-hydroxylation sites is 1. The van der Waals surface area contributed by atoms with Crippen molar-refractivity contribution in [3.63, 3.8) is 0 Å². The van der Waals surface area contributed by atoms with Gasteiger partial charge in [0.1, 0.15) is 0 Å². The molecule has 66 valence electrons. The van der Waals surface area contributed by atoms with Crippen LogP contribution in [-0.4, -0.2) is 4.57 Å². The van der Waals surface area contributed by atoms with Crippen LogP contribution in [0.25, 0.3) is 10.9 Å². The molecule has 0 atom stereocenters. The van der Waals surface area contributed by atoms with Crippen LogP contribution in [0.2, 0.25) is 0 Å². The number of nitrogens with zero attached hydrogens (tertiary/aromatic N) is 1. The van der Waals surface area contributed by atoms with Crippen LogP contribution < -0.4 is 40.1 Å². The monoisotopic (exact) mass is 197 g/mol. The van der Waals surface area contributed by atoms with Crippen molar-refractivity contribution in [3.05, 3.63) is 40.6 Å². The topological polar surface area (TPSA) is 45.1 Å². The largest absolute Gasteiger partial charge is 1.00 e. The van der Waals surface area contributed by atoms with Crippen LogP contribution in [0.1, 0.15) is 0 Å². The van der Waals surface area contributed by atoms with Crippen LogP contribution in [0.4, 0.5) is 0 Å². The van der Waals surface area contributed by atoms with E-state index in [4.69, 9.17) is 0 Å². The maximum atomic E-state index is 11.3. The molecule has 2 rings (SSSR count). The third-order valence-corrected chi connectivity index (χ3v) is 2.12. The maximum Gasteiger partial charge on any atom is 1.00 e. The molecule has 3 nitrogen and oxygen atoms in total. The number of benzene rings is 1. The number of hydrogen-bond acceptors (Lipinski definition) is 2. The fourth-order valence-electron chi connectivity index (χ4n) is 1.38. The maximum absolute atomic E-state index is 11.3. The molecule has 1 aromatic heterocycles. The summed E-state index contributed by atoms with van der Waals surface area (Å²) in [5.41, 5.74) is 0.471. The van der Waals surface area contributed by atoms with Gasteiger partial charge in [-0.1, -0.05) is 12.1 Å². The second-order valence-corrected chi connectivity index (χ2v) is 2.92. The van der Waals surface area contributed by atoms with E-state index >= 15 is 0 Å². The Balaban J connectivity index is 0.000000980. The standard InChI is InChI=1S/C10H9NO2.Na/c1-11-8-5-3-2-4-7(8)9(12)6-10(11)13;/h2-6,13H,1H3;/q;+1/p-1. The number of pyridine rings is 1. The van der Waals surface area contributed by atoms with Crippen molar-refractivity contribution in [2.45, 2.75) is 0 Å². The molecule has 0 saturated carbocycles. The Morgan fingerprint density at radius 3 is 2.64 bits per heavy atom. The summed E-state index contributed by atoms with van der Waals surface area (Å²) < 4.78 is 1.47. The summed E-state index contributed by atoms with van der Waals surface area (Å²) in [6.45, 7) is 0. The molecule has 0 aliphatic rings. The molecular weight excluding hydrogens is 189 g/mol. The number of hydrogen-bond donors (Lipinski definition) is 0. The van der Waals surface area contributed by atoms with E-state index in [-0.39, 0.29) is 40.9 Å². The Bertz CT molecular complexity index is 519. The smallest absolute Gasteiger partial charge is 0.860 e. The van der Waals surface area contributed by atoms with E-state index in [1.165, 1.54) is 4.57 Å². The van der Waals surface area contributed by atoms with Crippen LogP contribution >= 0.6 is 0 Å². The van der Waals surface area contributed by atoms with E-state index in [0.29, 0.717) is 10.9 Å². The van der Waals surface area contributed by atoms with E-state index < -0.39 is 0 Å². The SMILES string of the molecule is Cn1c([O-])cc(=O)c2ccccc21.[Na+]. The molecule has 1 heterocycles. The van der Waals surface area contributed by atoms with Crippen molar-refractivity contribution >= 4 is 10.9 Å². The molecule has 1 aromatic carbocycles. The number of aryl methyl sites for hydroxylation is 1. The first-order valence-corrected chi connectivity index (χ1v) is 3.96. The van der Waals surface area contributed by atoms with Crippen molar-refractivity contribution in [1.82, 2.24) is 4.57 Å². The molecule has 14 heavy (non-hydrogen) atoms. The van der Waals surface area contributed by atoms with E-state index in [9.17, 15) is 9.90 Å². The van der Waals surface area contributed by atoms with Crippen LogP contribution in [-0.2, 0) is 7.05 Å². The number of fused-ring (bicyclic) bond motifs is 1. The normalized spacial score (nSPS) is 9.79. The fraction of sp³-hybridized carbons (Fsp3) is 0.100. The molecule has 0 spiro atoms. The average molecular weight is 197 g/mol. The fourth-order valence-corrected chi connectivity index (χ4v) is 1.38. The molecule has 4 heteroatoms. The molecule has 2 aromatic rings. The van der Waals surface area contributed by atoms with Gasteiger partial charge < -0.3 is 9.67 Å². The Morgan fingerprint density at radius 1 is 1.29 bits per heavy atom. The Labute approximate surface area is 103 Å². The van der Waals surface area contributed by atoms with Gasteiger partial charge >= 0.3 is 29.6 Å². The molecule has 0 aliphatic carbocycles. The van der Waals surface area contributed by atoms with Gasteiger partial charge in [0.2, 0.25) is 0 Å². The molecule has 0 saturated heterocycles. The first kappa shape index (κ1) is 11.3. The molecule has 0 fully saturated rings. The summed E-state index contributed by atoms with van der Waals surface area (Å²) in [5, 5.41) is 11.8. The second-order valence-electron chi connectivity index (χ2n) is 2.92. The zero-order chi connectivity index (χ0) is 9.42. The summed E-state index contributed by atoms with van der Waals surface area (Å²) in [7, 11) is 1.66. The van der Waals surface area contributed by atoms with Gasteiger partial charge in [0.15, 0.2) is 5.43 Å². The van der Waals surface area contributed by atoms with Gasteiger partial charge in [-0.05, 0) is 24.1 Å². The zero-order valence-corrected chi connectivity index (χ0v) is 10.2. The van der Waals surface area contributed by atoms with Crippen LogP contribution in [0.15, 0.2) is 35.1 Å². The third-order valence-electron chi connectivity index (χ3n) is 2.12. The Morgan fingerprint density at radius 2 is 1.93 bits per heavy atom. The molecule has 0 amide bonds. The van der Waals surface area contributed by atoms with Gasteiger partial charge in [0, 0.05) is 12.4 Å². The third kappa shape index (κ3) is 1.71. The summed E-state index contributed by atoms with van der Waals surface area (Å²) in [6.07, 6.45) is 0. The minimum Gasteiger partial charge on any atom is -0.860 e. The van der Waals surface area contributed by atoms with Crippen LogP contribution in [0.3, 0.4) is 0 Å². The van der Waals surface area contributed by atoms with Crippen molar-refractivity contribution in [2.24, 2.45) is 7.05 Å². The summed E-state index contributed by atoms with van der Waals surface area (Å²) in [5.74, 6) is -0.260. The van der Waals surface area contributed by atoms with E-state index in [1.54, 1.807) is 31.3 Å². The van der Waals surface area contributed by atoms with Gasteiger partial charge in [0.25, 0.3) is 0 Å². The van der Waals surface area contributed by atoms with Crippen molar-refractivity contribution in [2.75, 3.05) is 0 Å². The average Bonchev–Trinajstić information content (AvgIpc) is 2.15. The van der Waals surface area contributed by atoms with E-state index in [1.807, 2.05) is 0 Å². The summed E-state index contributed by atoms with van der Waals surface area (Å²) >= 11 is 0. The predicted molar refractivity (Wildman–Crippen MR) is 48.6 cm³/mol. The van der Waals surface area contributed by atoms with Gasteiger partial charge in [-0.3, -0.25) is 4.79 Å². The minimum atomic E-state index is -0.260. The Hall–Kier alpha value is -0.770. The molecule has 0 aliphatic heterocycles. The Kier molecular flexibility index (Phi) is 3.37. The summed E-state index contributed by atoms with van der Waals surface area (Å²) in [6, 6.07) is 8.19. The second kappa shape index (κ2) is 4.17. The first-order chi connectivity index (χ1) is 6.20. The van der Waals surface area contributed by atoms with Crippen LogP contribution in [0.5, 0.6) is 5.88 Å². The van der Waals surface area contributed by atoms with E-state index in [2.05, 4.69) is 0 Å². The predicted octanol–water partition coefficient (Wildman–Crippen LogP) is -2.38. The molecule has 0 unspecified atom stereocenters. The summed E-state index contributed by atoms with van der Waals surface area (Å²) in [4.78, 5) is 11.3. The van der Waals surface area contributed by atoms with Gasteiger partial charge in [0.05, 0.1) is 5.52 Å². The van der Waals surface area contributed by atoms with Crippen molar-refractivity contribution in [3.8, 4) is 5.88 Å². The van der Waals surface area contributed by atoms with Gasteiger partial charge in [-0.2, -0.15) is 0 Å². The molecular formula is C10H8NNaO2. The van der Waals surface area contributed by atoms with Gasteiger partial charge in [-0.15, -0.1) is 0 Å². The molecule has 0 bridgehead atoms. The molecule has 0 radical (unpaired) electrons. The van der Waals surface area contributed by atoms with Gasteiger partial charge in [-0.25, -0.2) is 0 Å². The van der Waals surface area contributed by atoms with Crippen molar-refractivity contribution < 1.29 is 34.7 Å². The van der Waals surface area contributed by atoms with Crippen molar-refractivity contribution in [1.29, 1.82) is 0 Å². The molecule has 0 N–H and O–H groups in total. The number of rotatable bonds is 0. The first-order valence-electron chi connectivity index (χ1n) is 3.96. The van der Waals surface area contributed by atoms with E-state index in [0.717, 1.165) is 6.07 Å². The van der Waals surface area contributed by atoms with Crippen LogP contribution in [0, 0.1) is 0 Å². The quantitative estimate of drug-likeness (QED) is 0.443. The number of aromatic nitrogens is 1. The zero-order valence-electron chi connectivity index (χ0n) is 8.15. The minimum absolute atomic E-state index is 0.